The Morgan fingerprint density at radius 2 is 1.93 bits per heavy atom. The Hall–Kier alpha value is -2.41. The molecule has 0 amide bonds. The molecule has 6 rings (SSSR count). The fraction of sp³-hybridized carbons (Fsp3) is 0.524. The van der Waals surface area contributed by atoms with Crippen LogP contribution in [0.3, 0.4) is 0 Å². The lowest BCUT2D eigenvalue weighted by Gasteiger charge is -2.55. The monoisotopic (exact) mass is 415 g/mol. The Labute approximate surface area is 172 Å². The van der Waals surface area contributed by atoms with Crippen LogP contribution in [-0.4, -0.2) is 20.5 Å². The number of carbonyl (C=O) groups is 1. The van der Waals surface area contributed by atoms with E-state index >= 15 is 0 Å². The molecule has 7 nitrogen and oxygen atoms in total. The molecule has 0 atom stereocenters. The molecule has 4 aliphatic carbocycles. The van der Waals surface area contributed by atoms with Crippen LogP contribution in [0.2, 0.25) is 5.02 Å². The van der Waals surface area contributed by atoms with Gasteiger partial charge in [-0.25, -0.2) is 0 Å². The minimum absolute atomic E-state index is 0.0113. The van der Waals surface area contributed by atoms with Crippen molar-refractivity contribution in [2.75, 3.05) is 0 Å². The van der Waals surface area contributed by atoms with Gasteiger partial charge in [0.1, 0.15) is 18.1 Å². The Balaban J connectivity index is 1.27. The summed E-state index contributed by atoms with van der Waals surface area (Å²) in [5.41, 5.74) is -0.147. The number of rotatable bonds is 6. The highest BCUT2D eigenvalue weighted by molar-refractivity contribution is 6.32. The number of furan rings is 1. The number of aromatic nitrogens is 2. The van der Waals surface area contributed by atoms with Crippen LogP contribution in [0.5, 0.6) is 0 Å². The number of allylic oxidation sites excluding steroid dienone is 1. The second kappa shape index (κ2) is 6.83. The number of hydrogen-bond acceptors (Lipinski definition) is 5. The molecule has 8 heteroatoms. The molecule has 4 bridgehead atoms. The molecule has 0 saturated heterocycles. The summed E-state index contributed by atoms with van der Waals surface area (Å²) in [6, 6.07) is 3.56. The molecule has 0 radical (unpaired) electrons. The molecule has 4 saturated carbocycles. The van der Waals surface area contributed by atoms with Crippen LogP contribution in [0.25, 0.3) is 6.08 Å². The van der Waals surface area contributed by atoms with Crippen molar-refractivity contribution in [2.45, 2.75) is 45.1 Å². The highest BCUT2D eigenvalue weighted by atomic mass is 35.5. The fourth-order valence-electron chi connectivity index (χ4n) is 6.07. The van der Waals surface area contributed by atoms with Crippen molar-refractivity contribution in [2.24, 2.45) is 23.2 Å². The van der Waals surface area contributed by atoms with Gasteiger partial charge in [0.15, 0.2) is 10.8 Å². The molecule has 4 fully saturated rings. The summed E-state index contributed by atoms with van der Waals surface area (Å²) in [6.45, 7) is 0.227. The van der Waals surface area contributed by atoms with E-state index in [0.29, 0.717) is 11.5 Å². The molecule has 152 valence electrons. The van der Waals surface area contributed by atoms with Gasteiger partial charge in [0.05, 0.1) is 11.3 Å². The van der Waals surface area contributed by atoms with Gasteiger partial charge >= 0.3 is 5.82 Å². The molecular formula is C21H22ClN3O4. The van der Waals surface area contributed by atoms with E-state index in [1.165, 1.54) is 30.1 Å². The second-order valence-corrected chi connectivity index (χ2v) is 9.36. The van der Waals surface area contributed by atoms with Gasteiger partial charge in [0, 0.05) is 5.41 Å². The van der Waals surface area contributed by atoms with E-state index in [9.17, 15) is 14.9 Å². The number of nitrogens with zero attached hydrogens (tertiary/aromatic N) is 3. The quantitative estimate of drug-likeness (QED) is 0.380. The molecule has 4 aliphatic rings. The molecule has 2 aromatic heterocycles. The lowest BCUT2D eigenvalue weighted by Crippen LogP contribution is -2.49. The first-order valence-electron chi connectivity index (χ1n) is 10.1. The molecule has 0 aromatic carbocycles. The third kappa shape index (κ3) is 3.41. The lowest BCUT2D eigenvalue weighted by molar-refractivity contribution is -0.389. The normalized spacial score (nSPS) is 30.3. The van der Waals surface area contributed by atoms with Crippen LogP contribution in [0.15, 0.2) is 28.8 Å². The Kier molecular flexibility index (Phi) is 4.38. The van der Waals surface area contributed by atoms with E-state index < -0.39 is 4.92 Å². The van der Waals surface area contributed by atoms with E-state index in [1.54, 1.807) is 24.3 Å². The molecule has 0 aliphatic heterocycles. The van der Waals surface area contributed by atoms with Gasteiger partial charge in [-0.05, 0) is 85.5 Å². The molecular weight excluding hydrogens is 394 g/mol. The van der Waals surface area contributed by atoms with Crippen molar-refractivity contribution in [3.63, 3.8) is 0 Å². The predicted octanol–water partition coefficient (Wildman–Crippen LogP) is 4.88. The number of ketones is 1. The highest BCUT2D eigenvalue weighted by Gasteiger charge is 2.53. The minimum Gasteiger partial charge on any atom is -0.460 e. The SMILES string of the molecule is O=C(/C=C/c1ccc(Cn2cc(Cl)c([N+](=O)[O-])n2)o1)C12CC3CC(CC(C3)C1)C2. The zero-order valence-electron chi connectivity index (χ0n) is 15.9. The maximum Gasteiger partial charge on any atom is 0.408 e. The summed E-state index contributed by atoms with van der Waals surface area (Å²) in [7, 11) is 0. The van der Waals surface area contributed by atoms with Crippen molar-refractivity contribution >= 4 is 29.3 Å². The fourth-order valence-corrected chi connectivity index (χ4v) is 6.29. The van der Waals surface area contributed by atoms with E-state index in [-0.39, 0.29) is 28.6 Å². The standard InChI is InChI=1S/C21H22ClN3O4/c22-18-12-24(23-20(18)25(27)28)11-17-2-1-16(29-17)3-4-19(26)21-8-13-5-14(9-21)7-15(6-13)10-21/h1-4,12-15H,5-11H2/b4-3+. The van der Waals surface area contributed by atoms with Crippen LogP contribution in [0.1, 0.15) is 50.0 Å². The van der Waals surface area contributed by atoms with Crippen molar-refractivity contribution in [3.05, 3.63) is 51.1 Å². The summed E-state index contributed by atoms with van der Waals surface area (Å²) in [5.74, 6) is 3.24. The maximum absolute atomic E-state index is 13.1. The lowest BCUT2D eigenvalue weighted by atomic mass is 9.48. The molecule has 2 heterocycles. The third-order valence-electron chi connectivity index (χ3n) is 6.83. The van der Waals surface area contributed by atoms with Gasteiger partial charge in [-0.3, -0.25) is 4.79 Å². The van der Waals surface area contributed by atoms with Crippen molar-refractivity contribution in [1.29, 1.82) is 0 Å². The number of hydrogen-bond donors (Lipinski definition) is 0. The Morgan fingerprint density at radius 1 is 1.28 bits per heavy atom. The molecule has 0 unspecified atom stereocenters. The topological polar surface area (TPSA) is 91.2 Å². The van der Waals surface area contributed by atoms with Gasteiger partial charge in [-0.1, -0.05) is 11.6 Å². The van der Waals surface area contributed by atoms with Gasteiger partial charge in [0.2, 0.25) is 0 Å². The van der Waals surface area contributed by atoms with E-state index in [1.807, 2.05) is 0 Å². The average molecular weight is 416 g/mol. The minimum atomic E-state index is -0.620. The molecule has 2 aromatic rings. The van der Waals surface area contributed by atoms with Gasteiger partial charge in [-0.2, -0.15) is 4.68 Å². The zero-order valence-corrected chi connectivity index (χ0v) is 16.7. The summed E-state index contributed by atoms with van der Waals surface area (Å²) >= 11 is 5.82. The van der Waals surface area contributed by atoms with Crippen LogP contribution < -0.4 is 0 Å². The summed E-state index contributed by atoms with van der Waals surface area (Å²) in [6.07, 6.45) is 11.9. The number of carbonyl (C=O) groups excluding carboxylic acids is 1. The van der Waals surface area contributed by atoms with Crippen LogP contribution >= 0.6 is 11.6 Å². The van der Waals surface area contributed by atoms with E-state index in [0.717, 1.165) is 37.0 Å². The highest BCUT2D eigenvalue weighted by Crippen LogP contribution is 2.60. The summed E-state index contributed by atoms with van der Waals surface area (Å²) in [5, 5.41) is 14.7. The zero-order chi connectivity index (χ0) is 20.2. The third-order valence-corrected chi connectivity index (χ3v) is 7.10. The molecule has 0 spiro atoms. The molecule has 29 heavy (non-hydrogen) atoms. The summed E-state index contributed by atoms with van der Waals surface area (Å²) in [4.78, 5) is 23.3. The van der Waals surface area contributed by atoms with E-state index in [4.69, 9.17) is 16.0 Å². The van der Waals surface area contributed by atoms with Crippen LogP contribution in [0, 0.1) is 33.3 Å². The van der Waals surface area contributed by atoms with Gasteiger partial charge < -0.3 is 14.5 Å². The van der Waals surface area contributed by atoms with Crippen molar-refractivity contribution < 1.29 is 14.1 Å². The van der Waals surface area contributed by atoms with E-state index in [2.05, 4.69) is 5.10 Å². The smallest absolute Gasteiger partial charge is 0.408 e. The first-order chi connectivity index (χ1) is 13.9. The van der Waals surface area contributed by atoms with Crippen molar-refractivity contribution in [3.8, 4) is 0 Å². The van der Waals surface area contributed by atoms with Gasteiger partial charge in [-0.15, -0.1) is 0 Å². The van der Waals surface area contributed by atoms with Crippen LogP contribution in [0.4, 0.5) is 5.82 Å². The molecule has 0 N–H and O–H groups in total. The Bertz CT molecular complexity index is 970. The largest absolute Gasteiger partial charge is 0.460 e. The average Bonchev–Trinajstić information content (AvgIpc) is 3.25. The predicted molar refractivity (Wildman–Crippen MR) is 106 cm³/mol. The van der Waals surface area contributed by atoms with Gasteiger partial charge in [0.25, 0.3) is 0 Å². The maximum atomic E-state index is 13.1. The first kappa shape index (κ1) is 18.6. The first-order valence-corrected chi connectivity index (χ1v) is 10.5. The Morgan fingerprint density at radius 3 is 2.52 bits per heavy atom. The van der Waals surface area contributed by atoms with Crippen LogP contribution in [-0.2, 0) is 11.3 Å². The number of halogens is 1. The number of nitro groups is 1. The second-order valence-electron chi connectivity index (χ2n) is 8.95. The van der Waals surface area contributed by atoms with Crippen molar-refractivity contribution in [1.82, 2.24) is 9.78 Å². The summed E-state index contributed by atoms with van der Waals surface area (Å²) < 4.78 is 7.12.